The summed E-state index contributed by atoms with van der Waals surface area (Å²) >= 11 is 1.57. The minimum atomic E-state index is -0.0126. The Morgan fingerprint density at radius 1 is 1.33 bits per heavy atom. The number of rotatable bonds is 5. The summed E-state index contributed by atoms with van der Waals surface area (Å²) in [6, 6.07) is 0. The zero-order valence-corrected chi connectivity index (χ0v) is 14.9. The van der Waals surface area contributed by atoms with E-state index in [1.807, 2.05) is 13.8 Å². The van der Waals surface area contributed by atoms with Gasteiger partial charge in [-0.2, -0.15) is 0 Å². The monoisotopic (exact) mass is 346 g/mol. The third-order valence-corrected chi connectivity index (χ3v) is 5.08. The van der Waals surface area contributed by atoms with Crippen molar-refractivity contribution in [3.05, 3.63) is 39.4 Å². The molecule has 0 unspecified atom stereocenters. The van der Waals surface area contributed by atoms with Crippen LogP contribution in [0.25, 0.3) is 0 Å². The zero-order chi connectivity index (χ0) is 16.9. The second-order valence-electron chi connectivity index (χ2n) is 6.00. The Labute approximate surface area is 145 Å². The standard InChI is InChI=1S/C17H22N4O2S/c1-11-15(24-12(2)21-11)7-16(22)18-8-13-9-19-17(20-10-13)14-5-3-4-6-23-14/h9-10,14H,3-8H2,1-2H3,(H,18,22)/t14-/m0/s1. The zero-order valence-electron chi connectivity index (χ0n) is 14.0. The first-order valence-corrected chi connectivity index (χ1v) is 9.05. The lowest BCUT2D eigenvalue weighted by atomic mass is 10.1. The molecule has 1 amide bonds. The first-order valence-electron chi connectivity index (χ1n) is 8.24. The van der Waals surface area contributed by atoms with Crippen LogP contribution in [0.3, 0.4) is 0 Å². The molecule has 1 fully saturated rings. The molecule has 1 atom stereocenters. The van der Waals surface area contributed by atoms with Crippen molar-refractivity contribution < 1.29 is 9.53 Å². The molecule has 0 bridgehead atoms. The molecular formula is C17H22N4O2S. The van der Waals surface area contributed by atoms with Crippen molar-refractivity contribution in [3.63, 3.8) is 0 Å². The maximum atomic E-state index is 12.1. The molecule has 3 rings (SSSR count). The van der Waals surface area contributed by atoms with Gasteiger partial charge in [0, 0.05) is 36.0 Å². The van der Waals surface area contributed by atoms with Crippen LogP contribution in [0.1, 0.15) is 52.3 Å². The average Bonchev–Trinajstić information content (AvgIpc) is 2.91. The van der Waals surface area contributed by atoms with Gasteiger partial charge in [-0.1, -0.05) is 0 Å². The molecule has 7 heteroatoms. The number of hydrogen-bond acceptors (Lipinski definition) is 6. The van der Waals surface area contributed by atoms with Crippen molar-refractivity contribution in [2.24, 2.45) is 0 Å². The molecule has 1 N–H and O–H groups in total. The second kappa shape index (κ2) is 7.81. The van der Waals surface area contributed by atoms with Gasteiger partial charge in [0.2, 0.25) is 5.91 Å². The highest BCUT2D eigenvalue weighted by molar-refractivity contribution is 7.11. The Morgan fingerprint density at radius 2 is 2.12 bits per heavy atom. The molecule has 1 aliphatic rings. The highest BCUT2D eigenvalue weighted by Crippen LogP contribution is 2.24. The Balaban J connectivity index is 1.50. The van der Waals surface area contributed by atoms with Gasteiger partial charge >= 0.3 is 0 Å². The Morgan fingerprint density at radius 3 is 2.75 bits per heavy atom. The van der Waals surface area contributed by atoms with Crippen LogP contribution in [0, 0.1) is 13.8 Å². The molecule has 2 aromatic rings. The maximum absolute atomic E-state index is 12.1. The summed E-state index contributed by atoms with van der Waals surface area (Å²) in [4.78, 5) is 26.2. The number of hydrogen-bond donors (Lipinski definition) is 1. The first-order chi connectivity index (χ1) is 11.6. The molecule has 24 heavy (non-hydrogen) atoms. The molecule has 128 valence electrons. The summed E-state index contributed by atoms with van der Waals surface area (Å²) < 4.78 is 5.68. The van der Waals surface area contributed by atoms with E-state index in [-0.39, 0.29) is 12.0 Å². The van der Waals surface area contributed by atoms with Crippen molar-refractivity contribution in [2.45, 2.75) is 52.2 Å². The van der Waals surface area contributed by atoms with Gasteiger partial charge in [0.1, 0.15) is 6.10 Å². The molecule has 1 saturated heterocycles. The SMILES string of the molecule is Cc1nc(C)c(CC(=O)NCc2cnc([C@@H]3CCCCO3)nc2)s1. The van der Waals surface area contributed by atoms with Crippen LogP contribution in [0.4, 0.5) is 0 Å². The van der Waals surface area contributed by atoms with Gasteiger partial charge in [-0.15, -0.1) is 11.3 Å². The van der Waals surface area contributed by atoms with Gasteiger partial charge in [0.15, 0.2) is 5.82 Å². The van der Waals surface area contributed by atoms with E-state index in [1.165, 1.54) is 0 Å². The van der Waals surface area contributed by atoms with Gasteiger partial charge in [-0.3, -0.25) is 4.79 Å². The number of amides is 1. The third-order valence-electron chi connectivity index (χ3n) is 4.00. The van der Waals surface area contributed by atoms with E-state index in [4.69, 9.17) is 4.74 Å². The van der Waals surface area contributed by atoms with E-state index in [9.17, 15) is 4.79 Å². The number of aryl methyl sites for hydroxylation is 2. The molecule has 0 saturated carbocycles. The third kappa shape index (κ3) is 4.36. The quantitative estimate of drug-likeness (QED) is 0.900. The van der Waals surface area contributed by atoms with Crippen molar-refractivity contribution in [1.29, 1.82) is 0 Å². The maximum Gasteiger partial charge on any atom is 0.225 e. The summed E-state index contributed by atoms with van der Waals surface area (Å²) in [5, 5.41) is 3.90. The van der Waals surface area contributed by atoms with Crippen LogP contribution in [0.15, 0.2) is 12.4 Å². The summed E-state index contributed by atoms with van der Waals surface area (Å²) in [5.74, 6) is 0.724. The average molecular weight is 346 g/mol. The number of nitrogens with one attached hydrogen (secondary N) is 1. The van der Waals surface area contributed by atoms with E-state index in [1.54, 1.807) is 23.7 Å². The summed E-state index contributed by atoms with van der Waals surface area (Å²) in [6.45, 7) is 5.10. The number of nitrogens with zero attached hydrogens (tertiary/aromatic N) is 3. The Kier molecular flexibility index (Phi) is 5.52. The molecule has 0 aromatic carbocycles. The molecule has 1 aliphatic heterocycles. The van der Waals surface area contributed by atoms with E-state index in [2.05, 4.69) is 20.3 Å². The topological polar surface area (TPSA) is 77.0 Å². The molecule has 0 aliphatic carbocycles. The minimum absolute atomic E-state index is 0.0126. The highest BCUT2D eigenvalue weighted by atomic mass is 32.1. The van der Waals surface area contributed by atoms with Crippen molar-refractivity contribution in [2.75, 3.05) is 6.61 Å². The van der Waals surface area contributed by atoms with Crippen LogP contribution in [0.2, 0.25) is 0 Å². The lowest BCUT2D eigenvalue weighted by Crippen LogP contribution is -2.24. The van der Waals surface area contributed by atoms with E-state index in [0.29, 0.717) is 13.0 Å². The summed E-state index contributed by atoms with van der Waals surface area (Å²) in [6.07, 6.45) is 7.16. The number of ether oxygens (including phenoxy) is 1. The van der Waals surface area contributed by atoms with Crippen molar-refractivity contribution in [1.82, 2.24) is 20.3 Å². The highest BCUT2D eigenvalue weighted by Gasteiger charge is 2.18. The number of carbonyl (C=O) groups is 1. The Bertz CT molecular complexity index is 693. The van der Waals surface area contributed by atoms with E-state index >= 15 is 0 Å². The predicted molar refractivity (Wildman–Crippen MR) is 91.7 cm³/mol. The van der Waals surface area contributed by atoms with E-state index < -0.39 is 0 Å². The minimum Gasteiger partial charge on any atom is -0.370 e. The van der Waals surface area contributed by atoms with Crippen LogP contribution < -0.4 is 5.32 Å². The first kappa shape index (κ1) is 17.0. The predicted octanol–water partition coefficient (Wildman–Crippen LogP) is 2.65. The fraction of sp³-hybridized carbons (Fsp3) is 0.529. The van der Waals surface area contributed by atoms with Crippen LogP contribution in [-0.4, -0.2) is 27.5 Å². The van der Waals surface area contributed by atoms with Crippen LogP contribution >= 0.6 is 11.3 Å². The molecule has 2 aromatic heterocycles. The lowest BCUT2D eigenvalue weighted by Gasteiger charge is -2.21. The van der Waals surface area contributed by atoms with Gasteiger partial charge in [-0.05, 0) is 33.1 Å². The van der Waals surface area contributed by atoms with Crippen LogP contribution in [0.5, 0.6) is 0 Å². The summed E-state index contributed by atoms with van der Waals surface area (Å²) in [7, 11) is 0. The molecule has 6 nitrogen and oxygen atoms in total. The number of thiazole rings is 1. The second-order valence-corrected chi connectivity index (χ2v) is 7.29. The summed E-state index contributed by atoms with van der Waals surface area (Å²) in [5.41, 5.74) is 1.83. The van der Waals surface area contributed by atoms with Crippen molar-refractivity contribution >= 4 is 17.2 Å². The number of carbonyl (C=O) groups excluding carboxylic acids is 1. The van der Waals surface area contributed by atoms with Gasteiger partial charge in [-0.25, -0.2) is 15.0 Å². The normalized spacial score (nSPS) is 17.7. The Hall–Kier alpha value is -1.86. The van der Waals surface area contributed by atoms with E-state index in [0.717, 1.165) is 52.8 Å². The van der Waals surface area contributed by atoms with Crippen LogP contribution in [-0.2, 0) is 22.5 Å². The molecule has 0 radical (unpaired) electrons. The fourth-order valence-electron chi connectivity index (χ4n) is 2.71. The molecular weight excluding hydrogens is 324 g/mol. The largest absolute Gasteiger partial charge is 0.370 e. The fourth-order valence-corrected chi connectivity index (χ4v) is 3.65. The van der Waals surface area contributed by atoms with Gasteiger partial charge < -0.3 is 10.1 Å². The number of aromatic nitrogens is 3. The van der Waals surface area contributed by atoms with Gasteiger partial charge in [0.05, 0.1) is 17.1 Å². The smallest absolute Gasteiger partial charge is 0.225 e. The molecule has 3 heterocycles. The lowest BCUT2D eigenvalue weighted by molar-refractivity contribution is -0.120. The molecule has 0 spiro atoms. The van der Waals surface area contributed by atoms with Crippen molar-refractivity contribution in [3.8, 4) is 0 Å². The van der Waals surface area contributed by atoms with Gasteiger partial charge in [0.25, 0.3) is 0 Å².